The first-order valence-electron chi connectivity index (χ1n) is 6.12. The maximum atomic E-state index is 12.0. The number of hydrogen-bond donors (Lipinski definition) is 1. The van der Waals surface area contributed by atoms with Crippen LogP contribution in [0.1, 0.15) is 22.6 Å². The molecule has 2 rings (SSSR count). The van der Waals surface area contributed by atoms with Crippen LogP contribution < -0.4 is 5.32 Å². The molecule has 0 radical (unpaired) electrons. The monoisotopic (exact) mass is 369 g/mol. The smallest absolute Gasteiger partial charge is 0.248 e. The Labute approximate surface area is 126 Å². The van der Waals surface area contributed by atoms with E-state index in [9.17, 15) is 4.79 Å². The molecule has 1 aromatic carbocycles. The fraction of sp³-hybridized carbons (Fsp3) is 0.286. The number of hydrogen-bond acceptors (Lipinski definition) is 3. The molecule has 0 fully saturated rings. The number of carbonyl (C=O) groups is 1. The van der Waals surface area contributed by atoms with Gasteiger partial charge in [-0.05, 0) is 66.8 Å². The third-order valence-corrected chi connectivity index (χ3v) is 3.48. The van der Waals surface area contributed by atoms with E-state index in [1.807, 2.05) is 44.2 Å². The van der Waals surface area contributed by atoms with E-state index >= 15 is 0 Å². The van der Waals surface area contributed by atoms with Crippen molar-refractivity contribution in [2.24, 2.45) is 0 Å². The van der Waals surface area contributed by atoms with Gasteiger partial charge in [0.25, 0.3) is 0 Å². The predicted molar refractivity (Wildman–Crippen MR) is 84.6 cm³/mol. The molecule has 0 aliphatic carbocycles. The van der Waals surface area contributed by atoms with Crippen molar-refractivity contribution in [3.05, 3.63) is 45.3 Å². The molecule has 0 unspecified atom stereocenters. The largest absolute Gasteiger partial charge is 0.385 e. The number of nitrogens with one attached hydrogen (secondary N) is 1. The van der Waals surface area contributed by atoms with Crippen LogP contribution >= 0.6 is 22.6 Å². The van der Waals surface area contributed by atoms with Gasteiger partial charge in [0.2, 0.25) is 5.91 Å². The van der Waals surface area contributed by atoms with Crippen molar-refractivity contribution in [1.82, 2.24) is 9.78 Å². The van der Waals surface area contributed by atoms with E-state index in [0.29, 0.717) is 13.0 Å². The number of benzene rings is 1. The van der Waals surface area contributed by atoms with E-state index in [2.05, 4.69) is 33.0 Å². The first-order chi connectivity index (χ1) is 9.06. The summed E-state index contributed by atoms with van der Waals surface area (Å²) in [7, 11) is 0. The molecule has 0 amide bonds. The highest BCUT2D eigenvalue weighted by Gasteiger charge is 2.09. The molecule has 2 aromatic rings. The second-order valence-electron chi connectivity index (χ2n) is 4.42. The Kier molecular flexibility index (Phi) is 4.57. The maximum Gasteiger partial charge on any atom is 0.248 e. The Hall–Kier alpha value is -1.37. The van der Waals surface area contributed by atoms with Crippen molar-refractivity contribution in [2.75, 3.05) is 11.9 Å². The average molecular weight is 369 g/mol. The molecular weight excluding hydrogens is 353 g/mol. The first kappa shape index (κ1) is 14.0. The molecule has 5 heteroatoms. The molecule has 1 aromatic heterocycles. The van der Waals surface area contributed by atoms with E-state index in [-0.39, 0.29) is 5.91 Å². The lowest BCUT2D eigenvalue weighted by Gasteiger charge is -2.06. The number of aromatic nitrogens is 2. The van der Waals surface area contributed by atoms with Crippen LogP contribution in [0.5, 0.6) is 0 Å². The van der Waals surface area contributed by atoms with Crippen molar-refractivity contribution in [3.63, 3.8) is 0 Å². The summed E-state index contributed by atoms with van der Waals surface area (Å²) in [6.07, 6.45) is 0.425. The summed E-state index contributed by atoms with van der Waals surface area (Å²) in [6.45, 7) is 4.39. The second kappa shape index (κ2) is 6.18. The normalized spacial score (nSPS) is 10.5. The number of aryl methyl sites for hydroxylation is 2. The number of rotatable bonds is 4. The van der Waals surface area contributed by atoms with Gasteiger partial charge >= 0.3 is 0 Å². The van der Waals surface area contributed by atoms with Crippen LogP contribution in [0.4, 0.5) is 5.69 Å². The van der Waals surface area contributed by atoms with Gasteiger partial charge in [0.05, 0.1) is 5.69 Å². The molecule has 0 atom stereocenters. The topological polar surface area (TPSA) is 46.9 Å². The van der Waals surface area contributed by atoms with E-state index in [1.165, 1.54) is 8.25 Å². The van der Waals surface area contributed by atoms with Crippen molar-refractivity contribution < 1.29 is 4.79 Å². The molecule has 19 heavy (non-hydrogen) atoms. The molecule has 1 N–H and O–H groups in total. The number of anilines is 1. The third kappa shape index (κ3) is 3.79. The minimum absolute atomic E-state index is 0.0172. The highest BCUT2D eigenvalue weighted by atomic mass is 127. The van der Waals surface area contributed by atoms with E-state index in [4.69, 9.17) is 0 Å². The van der Waals surface area contributed by atoms with Gasteiger partial charge in [-0.1, -0.05) is 0 Å². The third-order valence-electron chi connectivity index (χ3n) is 2.76. The Balaban J connectivity index is 1.87. The lowest BCUT2D eigenvalue weighted by Crippen LogP contribution is -2.17. The molecule has 0 bridgehead atoms. The minimum atomic E-state index is 0.0172. The fourth-order valence-corrected chi connectivity index (χ4v) is 2.23. The summed E-state index contributed by atoms with van der Waals surface area (Å²) in [4.78, 5) is 12.0. The molecule has 100 valence electrons. The number of halogens is 1. The average Bonchev–Trinajstić information content (AvgIpc) is 2.71. The summed E-state index contributed by atoms with van der Waals surface area (Å²) >= 11 is 2.26. The lowest BCUT2D eigenvalue weighted by atomic mass is 10.3. The number of nitrogens with zero attached hydrogens (tertiary/aromatic N) is 2. The van der Waals surface area contributed by atoms with Gasteiger partial charge in [0.15, 0.2) is 0 Å². The SMILES string of the molecule is Cc1cc(C)n(C(=O)CCNc2ccc(I)cc2)n1. The Morgan fingerprint density at radius 3 is 2.58 bits per heavy atom. The summed E-state index contributed by atoms with van der Waals surface area (Å²) < 4.78 is 2.67. The standard InChI is InChI=1S/C14H16IN3O/c1-10-9-11(2)18(17-10)14(19)7-8-16-13-5-3-12(15)4-6-13/h3-6,9,16H,7-8H2,1-2H3. The molecule has 0 spiro atoms. The summed E-state index contributed by atoms with van der Waals surface area (Å²) in [5.41, 5.74) is 2.79. The molecule has 1 heterocycles. The van der Waals surface area contributed by atoms with Crippen molar-refractivity contribution >= 4 is 34.2 Å². The predicted octanol–water partition coefficient (Wildman–Crippen LogP) is 3.25. The van der Waals surface area contributed by atoms with Crippen LogP contribution in [0.25, 0.3) is 0 Å². The highest BCUT2D eigenvalue weighted by Crippen LogP contribution is 2.11. The summed E-state index contributed by atoms with van der Waals surface area (Å²) in [5.74, 6) is 0.0172. The van der Waals surface area contributed by atoms with Crippen LogP contribution in [0.3, 0.4) is 0 Å². The second-order valence-corrected chi connectivity index (χ2v) is 5.66. The van der Waals surface area contributed by atoms with Gasteiger partial charge in [-0.3, -0.25) is 4.79 Å². The first-order valence-corrected chi connectivity index (χ1v) is 7.20. The molecule has 0 saturated carbocycles. The summed E-state index contributed by atoms with van der Waals surface area (Å²) in [6, 6.07) is 9.99. The van der Waals surface area contributed by atoms with Gasteiger partial charge < -0.3 is 5.32 Å². The van der Waals surface area contributed by atoms with Gasteiger partial charge in [-0.25, -0.2) is 4.68 Å². The maximum absolute atomic E-state index is 12.0. The minimum Gasteiger partial charge on any atom is -0.385 e. The molecule has 0 saturated heterocycles. The zero-order valence-electron chi connectivity index (χ0n) is 11.0. The zero-order valence-corrected chi connectivity index (χ0v) is 13.1. The van der Waals surface area contributed by atoms with E-state index in [1.54, 1.807) is 0 Å². The molecule has 0 aliphatic heterocycles. The Morgan fingerprint density at radius 1 is 1.32 bits per heavy atom. The van der Waals surface area contributed by atoms with Crippen molar-refractivity contribution in [2.45, 2.75) is 20.3 Å². The quantitative estimate of drug-likeness (QED) is 0.842. The van der Waals surface area contributed by atoms with E-state index in [0.717, 1.165) is 17.1 Å². The van der Waals surface area contributed by atoms with Crippen molar-refractivity contribution in [3.8, 4) is 0 Å². The van der Waals surface area contributed by atoms with Crippen LogP contribution in [0.15, 0.2) is 30.3 Å². The Bertz CT molecular complexity index is 575. The van der Waals surface area contributed by atoms with Crippen molar-refractivity contribution in [1.29, 1.82) is 0 Å². The van der Waals surface area contributed by atoms with Crippen LogP contribution in [-0.4, -0.2) is 22.2 Å². The fourth-order valence-electron chi connectivity index (χ4n) is 1.87. The van der Waals surface area contributed by atoms with Crippen LogP contribution in [0, 0.1) is 17.4 Å². The van der Waals surface area contributed by atoms with Crippen LogP contribution in [-0.2, 0) is 0 Å². The lowest BCUT2D eigenvalue weighted by molar-refractivity contribution is 0.0888. The van der Waals surface area contributed by atoms with E-state index < -0.39 is 0 Å². The number of carbonyl (C=O) groups excluding carboxylic acids is 1. The molecular formula is C14H16IN3O. The molecule has 0 aliphatic rings. The van der Waals surface area contributed by atoms with Gasteiger partial charge in [0, 0.05) is 27.9 Å². The van der Waals surface area contributed by atoms with Crippen LogP contribution in [0.2, 0.25) is 0 Å². The van der Waals surface area contributed by atoms with Gasteiger partial charge in [-0.15, -0.1) is 0 Å². The summed E-state index contributed by atoms with van der Waals surface area (Å²) in [5, 5.41) is 7.42. The zero-order chi connectivity index (χ0) is 13.8. The Morgan fingerprint density at radius 2 is 2.00 bits per heavy atom. The van der Waals surface area contributed by atoms with Gasteiger partial charge in [-0.2, -0.15) is 5.10 Å². The molecule has 4 nitrogen and oxygen atoms in total. The highest BCUT2D eigenvalue weighted by molar-refractivity contribution is 14.1. The van der Waals surface area contributed by atoms with Gasteiger partial charge in [0.1, 0.15) is 0 Å².